The first-order valence-corrected chi connectivity index (χ1v) is 12.2. The Morgan fingerprint density at radius 2 is 1.82 bits per heavy atom. The molecule has 0 radical (unpaired) electrons. The number of benzene rings is 3. The van der Waals surface area contributed by atoms with Crippen LogP contribution in [0.15, 0.2) is 82.7 Å². The van der Waals surface area contributed by atoms with Crippen molar-refractivity contribution in [1.82, 2.24) is 14.5 Å². The first-order valence-electron chi connectivity index (χ1n) is 11.2. The highest BCUT2D eigenvalue weighted by Crippen LogP contribution is 2.28. The number of nitrogens with zero attached hydrogens (tertiary/aromatic N) is 2. The van der Waals surface area contributed by atoms with E-state index in [1.54, 1.807) is 24.3 Å². The molecule has 0 aliphatic carbocycles. The van der Waals surface area contributed by atoms with Gasteiger partial charge in [0.15, 0.2) is 5.16 Å². The third-order valence-corrected chi connectivity index (χ3v) is 6.45. The summed E-state index contributed by atoms with van der Waals surface area (Å²) in [6, 6.07) is 19.1. The van der Waals surface area contributed by atoms with E-state index in [1.807, 2.05) is 24.3 Å². The summed E-state index contributed by atoms with van der Waals surface area (Å²) in [6.07, 6.45) is -4.81. The van der Waals surface area contributed by atoms with Crippen LogP contribution in [-0.4, -0.2) is 39.7 Å². The van der Waals surface area contributed by atoms with Crippen LogP contribution in [0.1, 0.15) is 0 Å². The molecule has 12 heteroatoms. The Balaban J connectivity index is 1.45. The maximum atomic E-state index is 13.6. The van der Waals surface area contributed by atoms with Gasteiger partial charge in [0.05, 0.1) is 18.6 Å². The second-order valence-corrected chi connectivity index (χ2v) is 8.98. The third kappa shape index (κ3) is 5.30. The smallest absolute Gasteiger partial charge is 0.497 e. The number of fused-ring (bicyclic) bond motifs is 3. The molecule has 2 heterocycles. The Kier molecular flexibility index (Phi) is 6.72. The lowest BCUT2D eigenvalue weighted by Gasteiger charge is -2.13. The molecular formula is C26H19F3N4O4S. The first-order chi connectivity index (χ1) is 18.2. The predicted octanol–water partition coefficient (Wildman–Crippen LogP) is 5.51. The van der Waals surface area contributed by atoms with E-state index in [-0.39, 0.29) is 22.2 Å². The molecule has 5 aromatic rings. The minimum Gasteiger partial charge on any atom is -0.497 e. The molecular weight excluding hydrogens is 521 g/mol. The normalized spacial score (nSPS) is 11.6. The van der Waals surface area contributed by atoms with Crippen LogP contribution in [0, 0.1) is 0 Å². The number of methoxy groups -OCH3 is 1. The monoisotopic (exact) mass is 540 g/mol. The van der Waals surface area contributed by atoms with Gasteiger partial charge in [0.2, 0.25) is 5.91 Å². The number of carbonyl (C=O) groups is 1. The molecule has 0 aliphatic heterocycles. The van der Waals surface area contributed by atoms with Crippen LogP contribution in [-0.2, 0) is 4.79 Å². The molecule has 0 saturated heterocycles. The summed E-state index contributed by atoms with van der Waals surface area (Å²) in [5.41, 5.74) is 2.00. The molecule has 0 spiro atoms. The van der Waals surface area contributed by atoms with E-state index in [9.17, 15) is 22.8 Å². The van der Waals surface area contributed by atoms with Crippen LogP contribution in [0.2, 0.25) is 0 Å². The van der Waals surface area contributed by atoms with Gasteiger partial charge in [-0.05, 0) is 42.5 Å². The Morgan fingerprint density at radius 1 is 1.05 bits per heavy atom. The number of nitrogens with one attached hydrogen (secondary N) is 2. The maximum Gasteiger partial charge on any atom is 0.573 e. The number of alkyl halides is 3. The van der Waals surface area contributed by atoms with Crippen molar-refractivity contribution in [3.63, 3.8) is 0 Å². The van der Waals surface area contributed by atoms with Crippen molar-refractivity contribution in [2.24, 2.45) is 0 Å². The van der Waals surface area contributed by atoms with Crippen molar-refractivity contribution in [1.29, 1.82) is 0 Å². The van der Waals surface area contributed by atoms with Crippen molar-refractivity contribution in [3.8, 4) is 17.2 Å². The van der Waals surface area contributed by atoms with Crippen molar-refractivity contribution in [3.05, 3.63) is 83.2 Å². The Bertz CT molecular complexity index is 1700. The fourth-order valence-electron chi connectivity index (χ4n) is 3.88. The number of para-hydroxylation sites is 1. The van der Waals surface area contributed by atoms with Crippen molar-refractivity contribution in [2.45, 2.75) is 11.5 Å². The van der Waals surface area contributed by atoms with Crippen LogP contribution in [0.4, 0.5) is 18.9 Å². The minimum absolute atomic E-state index is 0.120. The lowest BCUT2D eigenvalue weighted by Crippen LogP contribution is -2.23. The second-order valence-electron chi connectivity index (χ2n) is 8.04. The number of hydrogen-bond donors (Lipinski definition) is 2. The summed E-state index contributed by atoms with van der Waals surface area (Å²) in [5.74, 6) is -0.420. The molecule has 1 amide bonds. The highest BCUT2D eigenvalue weighted by atomic mass is 32.2. The molecule has 0 unspecified atom stereocenters. The summed E-state index contributed by atoms with van der Waals surface area (Å²) in [4.78, 5) is 34.2. The van der Waals surface area contributed by atoms with Crippen molar-refractivity contribution < 1.29 is 27.4 Å². The Hall–Kier alpha value is -4.45. The number of aromatic nitrogens is 3. The molecule has 5 rings (SSSR count). The highest BCUT2D eigenvalue weighted by molar-refractivity contribution is 7.99. The van der Waals surface area contributed by atoms with Crippen LogP contribution < -0.4 is 20.3 Å². The van der Waals surface area contributed by atoms with Crippen LogP contribution in [0.25, 0.3) is 27.6 Å². The van der Waals surface area contributed by atoms with E-state index in [0.717, 1.165) is 34.8 Å². The summed E-state index contributed by atoms with van der Waals surface area (Å²) in [5, 5.41) is 3.67. The zero-order valence-corrected chi connectivity index (χ0v) is 20.5. The van der Waals surface area contributed by atoms with Gasteiger partial charge >= 0.3 is 6.36 Å². The van der Waals surface area contributed by atoms with Gasteiger partial charge in [-0.1, -0.05) is 36.0 Å². The molecule has 2 aromatic heterocycles. The fraction of sp³-hybridized carbons (Fsp3) is 0.115. The van der Waals surface area contributed by atoms with E-state index < -0.39 is 18.0 Å². The largest absolute Gasteiger partial charge is 0.573 e. The standard InChI is InChI=1S/C26H19F3N4O4S/c1-36-18-6-4-5-16(13-18)33-24(35)23-22(19-7-2-3-8-20(19)31-23)32-25(33)38-14-21(34)30-15-9-11-17(12-10-15)37-26(27,28)29/h2-13,31H,14H2,1H3,(H,30,34). The first kappa shape index (κ1) is 25.2. The van der Waals surface area contributed by atoms with Crippen LogP contribution in [0.3, 0.4) is 0 Å². The average Bonchev–Trinajstić information content (AvgIpc) is 3.27. The van der Waals surface area contributed by atoms with Gasteiger partial charge in [0, 0.05) is 22.7 Å². The van der Waals surface area contributed by atoms with Gasteiger partial charge in [-0.15, -0.1) is 13.2 Å². The van der Waals surface area contributed by atoms with E-state index in [0.29, 0.717) is 22.5 Å². The molecule has 3 aromatic carbocycles. The molecule has 0 aliphatic rings. The highest BCUT2D eigenvalue weighted by Gasteiger charge is 2.31. The van der Waals surface area contributed by atoms with E-state index in [2.05, 4.69) is 15.0 Å². The Labute approximate surface area is 217 Å². The van der Waals surface area contributed by atoms with Gasteiger partial charge in [0.1, 0.15) is 22.5 Å². The maximum absolute atomic E-state index is 13.6. The lowest BCUT2D eigenvalue weighted by atomic mass is 10.2. The number of hydrogen-bond acceptors (Lipinski definition) is 6. The van der Waals surface area contributed by atoms with Gasteiger partial charge < -0.3 is 19.8 Å². The van der Waals surface area contributed by atoms with Crippen molar-refractivity contribution >= 4 is 45.3 Å². The molecule has 8 nitrogen and oxygen atoms in total. The second kappa shape index (κ2) is 10.1. The van der Waals surface area contributed by atoms with E-state index in [4.69, 9.17) is 9.72 Å². The number of anilines is 1. The number of carbonyl (C=O) groups excluding carboxylic acids is 1. The topological polar surface area (TPSA) is 98.2 Å². The number of halogens is 3. The predicted molar refractivity (Wildman–Crippen MR) is 138 cm³/mol. The molecule has 38 heavy (non-hydrogen) atoms. The number of ether oxygens (including phenoxy) is 2. The molecule has 0 atom stereocenters. The summed E-state index contributed by atoms with van der Waals surface area (Å²) < 4.78 is 47.7. The number of rotatable bonds is 7. The molecule has 194 valence electrons. The molecule has 0 fully saturated rings. The minimum atomic E-state index is -4.81. The van der Waals surface area contributed by atoms with Gasteiger partial charge in [0.25, 0.3) is 5.56 Å². The number of amides is 1. The number of thioether (sulfide) groups is 1. The summed E-state index contributed by atoms with van der Waals surface area (Å²) >= 11 is 1.05. The third-order valence-electron chi connectivity index (χ3n) is 5.51. The number of aromatic amines is 1. The van der Waals surface area contributed by atoms with Gasteiger partial charge in [-0.25, -0.2) is 4.98 Å². The molecule has 2 N–H and O–H groups in total. The SMILES string of the molecule is COc1cccc(-n2c(SCC(=O)Nc3ccc(OC(F)(F)F)cc3)nc3c([nH]c4ccccc43)c2=O)c1. The number of H-pyrrole nitrogens is 1. The quantitative estimate of drug-likeness (QED) is 0.209. The van der Waals surface area contributed by atoms with Crippen molar-refractivity contribution in [2.75, 3.05) is 18.2 Å². The van der Waals surface area contributed by atoms with Crippen LogP contribution in [0.5, 0.6) is 11.5 Å². The summed E-state index contributed by atoms with van der Waals surface area (Å²) in [7, 11) is 1.52. The van der Waals surface area contributed by atoms with Gasteiger partial charge in [-0.2, -0.15) is 0 Å². The van der Waals surface area contributed by atoms with Gasteiger partial charge in [-0.3, -0.25) is 14.2 Å². The zero-order valence-electron chi connectivity index (χ0n) is 19.7. The molecule has 0 bridgehead atoms. The van der Waals surface area contributed by atoms with E-state index >= 15 is 0 Å². The zero-order chi connectivity index (χ0) is 26.9. The fourth-order valence-corrected chi connectivity index (χ4v) is 4.69. The van der Waals surface area contributed by atoms with Crippen LogP contribution >= 0.6 is 11.8 Å². The molecule has 0 saturated carbocycles. The average molecular weight is 541 g/mol. The van der Waals surface area contributed by atoms with E-state index in [1.165, 1.54) is 23.8 Å². The summed E-state index contributed by atoms with van der Waals surface area (Å²) in [6.45, 7) is 0. The Morgan fingerprint density at radius 3 is 2.55 bits per heavy atom. The lowest BCUT2D eigenvalue weighted by molar-refractivity contribution is -0.274.